The third-order valence-electron chi connectivity index (χ3n) is 0.309. The van der Waals surface area contributed by atoms with Gasteiger partial charge in [0, 0.05) is 12.3 Å². The van der Waals surface area contributed by atoms with E-state index in [0.717, 1.165) is 18.2 Å². The number of alkyl halides is 1. The summed E-state index contributed by atoms with van der Waals surface area (Å²) in [6.45, 7) is 5.32. The summed E-state index contributed by atoms with van der Waals surface area (Å²) in [5.41, 5.74) is 0. The van der Waals surface area contributed by atoms with Gasteiger partial charge in [-0.25, -0.2) is 9.90 Å². The normalized spacial score (nSPS) is 8.11. The van der Waals surface area contributed by atoms with Crippen molar-refractivity contribution in [2.75, 3.05) is 5.33 Å². The fourth-order valence-corrected chi connectivity index (χ4v) is 0. The zero-order valence-electron chi connectivity index (χ0n) is 5.98. The van der Waals surface area contributed by atoms with E-state index in [9.17, 15) is 0 Å². The van der Waals surface area contributed by atoms with Crippen LogP contribution in [-0.2, 0) is 9.90 Å². The molecule has 55 valence electrons. The Morgan fingerprint density at radius 2 is 1.67 bits per heavy atom. The molecule has 1 radical (unpaired) electrons. The molecule has 0 N–H and O–H groups in total. The van der Waals surface area contributed by atoms with Crippen LogP contribution in [0.1, 0.15) is 20.8 Å². The van der Waals surface area contributed by atoms with E-state index < -0.39 is 5.97 Å². The van der Waals surface area contributed by atoms with Gasteiger partial charge in [-0.05, 0) is 5.92 Å². The van der Waals surface area contributed by atoms with Gasteiger partial charge >= 0.3 is 5.97 Å². The summed E-state index contributed by atoms with van der Waals surface area (Å²) in [6.07, 6.45) is 0. The minimum Gasteiger partial charge on any atom is -0.248 e. The summed E-state index contributed by atoms with van der Waals surface area (Å²) < 4.78 is 0. The highest BCUT2D eigenvalue weighted by Crippen LogP contribution is 1.94. The van der Waals surface area contributed by atoms with Crippen LogP contribution in [0.4, 0.5) is 0 Å². The summed E-state index contributed by atoms with van der Waals surface area (Å²) in [4.78, 5) is 8.89. The standard InChI is InChI=1S/C4H9Br.C2H3O2/c1-4(2)3-5;1-2(3)4/h4H,3H2,1-2H3;1H3. The first-order valence-electron chi connectivity index (χ1n) is 2.74. The molecule has 0 amide bonds. The number of carbonyl (C=O) groups is 1. The molecule has 0 bridgehead atoms. The van der Waals surface area contributed by atoms with E-state index in [1.165, 1.54) is 0 Å². The van der Waals surface area contributed by atoms with Crippen molar-refractivity contribution >= 4 is 21.9 Å². The summed E-state index contributed by atoms with van der Waals surface area (Å²) in [5.74, 6) is -0.282. The van der Waals surface area contributed by atoms with Crippen molar-refractivity contribution in [2.45, 2.75) is 20.8 Å². The van der Waals surface area contributed by atoms with Gasteiger partial charge in [-0.2, -0.15) is 0 Å². The molecule has 0 aliphatic heterocycles. The van der Waals surface area contributed by atoms with Crippen LogP contribution in [-0.4, -0.2) is 11.3 Å². The molecule has 0 unspecified atom stereocenters. The smallest absolute Gasteiger partial charge is 0.248 e. The zero-order valence-corrected chi connectivity index (χ0v) is 7.56. The molecule has 0 aliphatic carbocycles. The van der Waals surface area contributed by atoms with Gasteiger partial charge < -0.3 is 0 Å². The van der Waals surface area contributed by atoms with E-state index in [-0.39, 0.29) is 0 Å². The Hall–Kier alpha value is -0.0500. The quantitative estimate of drug-likeness (QED) is 0.591. The third-order valence-corrected chi connectivity index (χ3v) is 1.60. The van der Waals surface area contributed by atoms with Crippen molar-refractivity contribution in [1.82, 2.24) is 0 Å². The van der Waals surface area contributed by atoms with Gasteiger partial charge in [-0.15, -0.1) is 0 Å². The lowest BCUT2D eigenvalue weighted by Crippen LogP contribution is -1.82. The number of hydrogen-bond acceptors (Lipinski definition) is 1. The second-order valence-corrected chi connectivity index (χ2v) is 2.69. The monoisotopic (exact) mass is 195 g/mol. The Morgan fingerprint density at radius 3 is 1.67 bits per heavy atom. The van der Waals surface area contributed by atoms with Crippen molar-refractivity contribution in [2.24, 2.45) is 5.92 Å². The second-order valence-electron chi connectivity index (χ2n) is 2.04. The number of hydrogen-bond donors (Lipinski definition) is 0. The summed E-state index contributed by atoms with van der Waals surface area (Å²) in [7, 11) is 0. The highest BCUT2D eigenvalue weighted by Gasteiger charge is 1.81. The van der Waals surface area contributed by atoms with Gasteiger partial charge in [-0.3, -0.25) is 0 Å². The Labute approximate surface area is 64.4 Å². The van der Waals surface area contributed by atoms with Crippen LogP contribution >= 0.6 is 15.9 Å². The number of carbonyl (C=O) groups excluding carboxylic acids is 1. The van der Waals surface area contributed by atoms with Gasteiger partial charge in [0.15, 0.2) is 0 Å². The molecule has 0 aromatic heterocycles. The van der Waals surface area contributed by atoms with Gasteiger partial charge in [0.1, 0.15) is 0 Å². The lowest BCUT2D eigenvalue weighted by Gasteiger charge is -1.88. The van der Waals surface area contributed by atoms with Gasteiger partial charge in [0.2, 0.25) is 0 Å². The van der Waals surface area contributed by atoms with Crippen LogP contribution in [0, 0.1) is 5.92 Å². The van der Waals surface area contributed by atoms with E-state index in [1.807, 2.05) is 0 Å². The first kappa shape index (κ1) is 11.7. The van der Waals surface area contributed by atoms with Crippen molar-refractivity contribution in [3.8, 4) is 0 Å². The minimum atomic E-state index is -1.08. The summed E-state index contributed by atoms with van der Waals surface area (Å²) in [5, 5.41) is 10.0. The van der Waals surface area contributed by atoms with E-state index in [0.29, 0.717) is 0 Å². The molecule has 3 heteroatoms. The average Bonchev–Trinajstić information content (AvgIpc) is 1.65. The second kappa shape index (κ2) is 7.95. The summed E-state index contributed by atoms with van der Waals surface area (Å²) >= 11 is 3.31. The molecule has 0 spiro atoms. The fraction of sp³-hybridized carbons (Fsp3) is 0.833. The fourth-order valence-electron chi connectivity index (χ4n) is 0. The SMILES string of the molecule is CC(C)CBr.CC([O])=O. The van der Waals surface area contributed by atoms with Gasteiger partial charge in [-0.1, -0.05) is 29.8 Å². The van der Waals surface area contributed by atoms with Gasteiger partial charge in [0.05, 0.1) is 0 Å². The lowest BCUT2D eigenvalue weighted by molar-refractivity contribution is -0.140. The van der Waals surface area contributed by atoms with E-state index in [1.54, 1.807) is 0 Å². The topological polar surface area (TPSA) is 37.0 Å². The maximum atomic E-state index is 8.89. The number of halogens is 1. The maximum absolute atomic E-state index is 8.89. The van der Waals surface area contributed by atoms with E-state index in [2.05, 4.69) is 29.8 Å². The van der Waals surface area contributed by atoms with Gasteiger partial charge in [0.25, 0.3) is 0 Å². The Morgan fingerprint density at radius 1 is 1.56 bits per heavy atom. The molecule has 0 saturated heterocycles. The van der Waals surface area contributed by atoms with Crippen LogP contribution in [0.5, 0.6) is 0 Å². The Bertz CT molecular complexity index is 67.5. The average molecular weight is 196 g/mol. The van der Waals surface area contributed by atoms with Crippen LogP contribution in [0.2, 0.25) is 0 Å². The predicted molar refractivity (Wildman–Crippen MR) is 40.0 cm³/mol. The molecule has 2 nitrogen and oxygen atoms in total. The van der Waals surface area contributed by atoms with Crippen LogP contribution in [0.25, 0.3) is 0 Å². The molecule has 0 atom stereocenters. The molecule has 0 aromatic rings. The van der Waals surface area contributed by atoms with Crippen LogP contribution in [0.3, 0.4) is 0 Å². The van der Waals surface area contributed by atoms with Crippen molar-refractivity contribution in [1.29, 1.82) is 0 Å². The largest absolute Gasteiger partial charge is 0.352 e. The van der Waals surface area contributed by atoms with Crippen LogP contribution < -0.4 is 0 Å². The van der Waals surface area contributed by atoms with Crippen LogP contribution in [0.15, 0.2) is 0 Å². The Balaban J connectivity index is 0. The first-order valence-corrected chi connectivity index (χ1v) is 3.86. The molecule has 0 fully saturated rings. The first-order chi connectivity index (χ1) is 4.00. The van der Waals surface area contributed by atoms with E-state index in [4.69, 9.17) is 9.90 Å². The minimum absolute atomic E-state index is 0.801. The van der Waals surface area contributed by atoms with Crippen molar-refractivity contribution in [3.63, 3.8) is 0 Å². The number of rotatable bonds is 1. The predicted octanol–water partition coefficient (Wildman–Crippen LogP) is 2.00. The summed E-state index contributed by atoms with van der Waals surface area (Å²) in [6, 6.07) is 0. The molecule has 0 heterocycles. The molecule has 0 rings (SSSR count). The molecule has 0 saturated carbocycles. The van der Waals surface area contributed by atoms with Crippen molar-refractivity contribution in [3.05, 3.63) is 0 Å². The third kappa shape index (κ3) is 74.0. The molecular formula is C6H12BrO2. The molecule has 9 heavy (non-hydrogen) atoms. The highest BCUT2D eigenvalue weighted by molar-refractivity contribution is 9.09. The lowest BCUT2D eigenvalue weighted by atomic mass is 10.3. The highest BCUT2D eigenvalue weighted by atomic mass is 79.9. The van der Waals surface area contributed by atoms with E-state index >= 15 is 0 Å². The zero-order chi connectivity index (χ0) is 7.86. The Kier molecular flexibility index (Phi) is 10.3. The molecular weight excluding hydrogens is 184 g/mol. The molecule has 0 aromatic carbocycles. The van der Waals surface area contributed by atoms with Crippen molar-refractivity contribution < 1.29 is 9.90 Å². The molecule has 0 aliphatic rings. The maximum Gasteiger partial charge on any atom is 0.352 e.